The minimum Gasteiger partial charge on any atom is -0.369 e. The van der Waals surface area contributed by atoms with Crippen LogP contribution in [0.4, 0.5) is 18.9 Å². The largest absolute Gasteiger partial charge is 0.416 e. The molecule has 31 heavy (non-hydrogen) atoms. The number of fused-ring (bicyclic) bond motifs is 1. The summed E-state index contributed by atoms with van der Waals surface area (Å²) < 4.78 is 41.1. The highest BCUT2D eigenvalue weighted by Crippen LogP contribution is 2.31. The zero-order valence-electron chi connectivity index (χ0n) is 17.3. The number of benzene rings is 2. The predicted molar refractivity (Wildman–Crippen MR) is 117 cm³/mol. The minimum absolute atomic E-state index is 0.590. The van der Waals surface area contributed by atoms with Crippen molar-refractivity contribution in [3.8, 4) is 0 Å². The first-order valence-corrected chi connectivity index (χ1v) is 10.6. The van der Waals surface area contributed by atoms with Crippen molar-refractivity contribution in [2.24, 2.45) is 0 Å². The standard InChI is InChI=1S/C24H26F3N3O/c25-24(26,27)21-4-3-5-22(17-21)29-14-12-28(13-15-29)9-1-2-10-30-11-8-20-16-19(18-31)6-7-23(20)30/h3-8,11,16-18H,1-2,9-10,12-15H2. The van der Waals surface area contributed by atoms with Crippen LogP contribution >= 0.6 is 0 Å². The van der Waals surface area contributed by atoms with Gasteiger partial charge in [-0.2, -0.15) is 13.2 Å². The molecule has 3 aromatic rings. The van der Waals surface area contributed by atoms with Crippen LogP contribution in [0.5, 0.6) is 0 Å². The van der Waals surface area contributed by atoms with Gasteiger partial charge < -0.3 is 9.47 Å². The van der Waals surface area contributed by atoms with Gasteiger partial charge in [0.05, 0.1) is 5.56 Å². The van der Waals surface area contributed by atoms with E-state index in [0.717, 1.165) is 75.4 Å². The van der Waals surface area contributed by atoms with Crippen molar-refractivity contribution in [2.45, 2.75) is 25.6 Å². The van der Waals surface area contributed by atoms with Crippen molar-refractivity contribution in [3.05, 3.63) is 65.9 Å². The van der Waals surface area contributed by atoms with E-state index in [1.54, 1.807) is 6.07 Å². The average Bonchev–Trinajstić information content (AvgIpc) is 3.19. The monoisotopic (exact) mass is 429 g/mol. The normalized spacial score (nSPS) is 15.5. The van der Waals surface area contributed by atoms with E-state index in [4.69, 9.17) is 0 Å². The topological polar surface area (TPSA) is 28.5 Å². The van der Waals surface area contributed by atoms with E-state index in [-0.39, 0.29) is 0 Å². The number of aldehydes is 1. The molecule has 1 aliphatic heterocycles. The Kier molecular flexibility index (Phi) is 6.32. The lowest BCUT2D eigenvalue weighted by atomic mass is 10.1. The summed E-state index contributed by atoms with van der Waals surface area (Å²) >= 11 is 0. The van der Waals surface area contributed by atoms with Gasteiger partial charge >= 0.3 is 6.18 Å². The molecule has 1 saturated heterocycles. The summed E-state index contributed by atoms with van der Waals surface area (Å²) in [6.45, 7) is 5.11. The lowest BCUT2D eigenvalue weighted by Gasteiger charge is -2.36. The first kappa shape index (κ1) is 21.4. The molecule has 0 amide bonds. The molecule has 0 radical (unpaired) electrons. The van der Waals surface area contributed by atoms with Crippen LogP contribution in [0.25, 0.3) is 10.9 Å². The maximum absolute atomic E-state index is 12.9. The van der Waals surface area contributed by atoms with Gasteiger partial charge in [0, 0.05) is 61.1 Å². The molecule has 4 nitrogen and oxygen atoms in total. The summed E-state index contributed by atoms with van der Waals surface area (Å²) in [5.74, 6) is 0. The number of nitrogens with zero attached hydrogens (tertiary/aromatic N) is 3. The third kappa shape index (κ3) is 5.10. The molecule has 1 aliphatic rings. The van der Waals surface area contributed by atoms with Gasteiger partial charge in [-0.1, -0.05) is 6.07 Å². The number of piperazine rings is 1. The number of halogens is 3. The van der Waals surface area contributed by atoms with Crippen LogP contribution in [-0.2, 0) is 12.7 Å². The Morgan fingerprint density at radius 3 is 2.42 bits per heavy atom. The number of rotatable bonds is 7. The van der Waals surface area contributed by atoms with Crippen LogP contribution in [0.3, 0.4) is 0 Å². The molecule has 2 aromatic carbocycles. The highest BCUT2D eigenvalue weighted by Gasteiger charge is 2.31. The third-order valence-electron chi connectivity index (χ3n) is 5.97. The van der Waals surface area contributed by atoms with Crippen LogP contribution in [0.1, 0.15) is 28.8 Å². The van der Waals surface area contributed by atoms with E-state index >= 15 is 0 Å². The molecule has 0 bridgehead atoms. The summed E-state index contributed by atoms with van der Waals surface area (Å²) in [5.41, 5.74) is 1.88. The minimum atomic E-state index is -4.31. The molecule has 0 atom stereocenters. The van der Waals surface area contributed by atoms with Gasteiger partial charge in [-0.15, -0.1) is 0 Å². The van der Waals surface area contributed by atoms with Gasteiger partial charge in [-0.05, 0) is 61.9 Å². The maximum Gasteiger partial charge on any atom is 0.416 e. The molecule has 2 heterocycles. The summed E-state index contributed by atoms with van der Waals surface area (Å²) in [4.78, 5) is 15.3. The van der Waals surface area contributed by atoms with Crippen LogP contribution in [0.15, 0.2) is 54.7 Å². The van der Waals surface area contributed by atoms with Gasteiger partial charge in [-0.3, -0.25) is 9.69 Å². The van der Waals surface area contributed by atoms with Crippen LogP contribution in [0, 0.1) is 0 Å². The number of carbonyl (C=O) groups excluding carboxylic acids is 1. The van der Waals surface area contributed by atoms with Crippen molar-refractivity contribution >= 4 is 22.9 Å². The molecule has 1 fully saturated rings. The molecule has 4 rings (SSSR count). The van der Waals surface area contributed by atoms with E-state index in [1.165, 1.54) is 12.1 Å². The van der Waals surface area contributed by atoms with Gasteiger partial charge in [-0.25, -0.2) is 0 Å². The van der Waals surface area contributed by atoms with Gasteiger partial charge in [0.2, 0.25) is 0 Å². The molecule has 0 aliphatic carbocycles. The first-order valence-electron chi connectivity index (χ1n) is 10.6. The first-order chi connectivity index (χ1) is 14.9. The Morgan fingerprint density at radius 2 is 1.68 bits per heavy atom. The lowest BCUT2D eigenvalue weighted by molar-refractivity contribution is -0.137. The fourth-order valence-electron chi connectivity index (χ4n) is 4.21. The molecule has 7 heteroatoms. The molecule has 0 N–H and O–H groups in total. The molecule has 0 unspecified atom stereocenters. The Labute approximate surface area is 179 Å². The maximum atomic E-state index is 12.9. The molecule has 0 spiro atoms. The SMILES string of the molecule is O=Cc1ccc2c(ccn2CCCCN2CCN(c3cccc(C(F)(F)F)c3)CC2)c1. The quantitative estimate of drug-likeness (QED) is 0.388. The second kappa shape index (κ2) is 9.14. The van der Waals surface area contributed by atoms with Crippen molar-refractivity contribution < 1.29 is 18.0 Å². The van der Waals surface area contributed by atoms with Crippen LogP contribution in [0.2, 0.25) is 0 Å². The van der Waals surface area contributed by atoms with E-state index in [1.807, 2.05) is 29.2 Å². The molecule has 0 saturated carbocycles. The number of alkyl halides is 3. The molecule has 1 aromatic heterocycles. The van der Waals surface area contributed by atoms with Gasteiger partial charge in [0.1, 0.15) is 6.29 Å². The summed E-state index contributed by atoms with van der Waals surface area (Å²) in [6, 6.07) is 13.4. The fraction of sp³-hybridized carbons (Fsp3) is 0.375. The second-order valence-corrected chi connectivity index (χ2v) is 8.03. The average molecular weight is 429 g/mol. The number of aromatic nitrogens is 1. The van der Waals surface area contributed by atoms with Crippen molar-refractivity contribution in [1.82, 2.24) is 9.47 Å². The number of hydrogen-bond acceptors (Lipinski definition) is 3. The number of aryl methyl sites for hydroxylation is 1. The number of carbonyl (C=O) groups is 1. The highest BCUT2D eigenvalue weighted by molar-refractivity contribution is 5.87. The number of anilines is 1. The molecular formula is C24H26F3N3O. The van der Waals surface area contributed by atoms with E-state index in [0.29, 0.717) is 11.3 Å². The zero-order chi connectivity index (χ0) is 21.8. The smallest absolute Gasteiger partial charge is 0.369 e. The summed E-state index contributed by atoms with van der Waals surface area (Å²) in [7, 11) is 0. The zero-order valence-corrected chi connectivity index (χ0v) is 17.3. The number of hydrogen-bond donors (Lipinski definition) is 0. The third-order valence-corrected chi connectivity index (χ3v) is 5.97. The Bertz CT molecular complexity index is 1040. The highest BCUT2D eigenvalue weighted by atomic mass is 19.4. The molecule has 164 valence electrons. The van der Waals surface area contributed by atoms with E-state index in [2.05, 4.69) is 15.7 Å². The Balaban J connectivity index is 1.23. The Hall–Kier alpha value is -2.80. The predicted octanol–water partition coefficient (Wildman–Crippen LogP) is 5.08. The van der Waals surface area contributed by atoms with E-state index < -0.39 is 11.7 Å². The van der Waals surface area contributed by atoms with Crippen molar-refractivity contribution in [3.63, 3.8) is 0 Å². The lowest BCUT2D eigenvalue weighted by Crippen LogP contribution is -2.46. The van der Waals surface area contributed by atoms with Crippen LogP contribution in [-0.4, -0.2) is 48.5 Å². The van der Waals surface area contributed by atoms with E-state index in [9.17, 15) is 18.0 Å². The fourth-order valence-corrected chi connectivity index (χ4v) is 4.21. The Morgan fingerprint density at radius 1 is 0.903 bits per heavy atom. The summed E-state index contributed by atoms with van der Waals surface area (Å²) in [5, 5.41) is 1.08. The molecular weight excluding hydrogens is 403 g/mol. The van der Waals surface area contributed by atoms with Gasteiger partial charge in [0.15, 0.2) is 0 Å². The van der Waals surface area contributed by atoms with Crippen LogP contribution < -0.4 is 4.90 Å². The van der Waals surface area contributed by atoms with Crippen molar-refractivity contribution in [1.29, 1.82) is 0 Å². The van der Waals surface area contributed by atoms with Crippen molar-refractivity contribution in [2.75, 3.05) is 37.6 Å². The number of unbranched alkanes of at least 4 members (excludes halogenated alkanes) is 1. The van der Waals surface area contributed by atoms with Gasteiger partial charge in [0.25, 0.3) is 0 Å². The second-order valence-electron chi connectivity index (χ2n) is 8.03. The summed E-state index contributed by atoms with van der Waals surface area (Å²) in [6.07, 6.45) is 0.735.